The minimum atomic E-state index is -0.487. The highest BCUT2D eigenvalue weighted by Gasteiger charge is 2.46. The number of ether oxygens (including phenoxy) is 1. The van der Waals surface area contributed by atoms with Crippen molar-refractivity contribution in [3.8, 4) is 5.75 Å². The van der Waals surface area contributed by atoms with Gasteiger partial charge >= 0.3 is 0 Å². The van der Waals surface area contributed by atoms with E-state index in [9.17, 15) is 9.59 Å². The molecule has 2 fully saturated rings. The van der Waals surface area contributed by atoms with Crippen molar-refractivity contribution in [2.45, 2.75) is 38.0 Å². The van der Waals surface area contributed by atoms with Gasteiger partial charge in [-0.2, -0.15) is 0 Å². The highest BCUT2D eigenvalue weighted by atomic mass is 16.5. The van der Waals surface area contributed by atoms with Crippen LogP contribution in [0.25, 0.3) is 0 Å². The number of nitrogens with one attached hydrogen (secondary N) is 1. The number of nitrogens with zero attached hydrogens (tertiary/aromatic N) is 2. The summed E-state index contributed by atoms with van der Waals surface area (Å²) in [6, 6.07) is 12.7. The van der Waals surface area contributed by atoms with Crippen molar-refractivity contribution in [3.05, 3.63) is 54.4 Å². The van der Waals surface area contributed by atoms with Gasteiger partial charge in [-0.1, -0.05) is 12.1 Å². The number of hydrogen-bond acceptors (Lipinski definition) is 5. The van der Waals surface area contributed by atoms with Crippen molar-refractivity contribution in [2.75, 3.05) is 5.32 Å². The zero-order valence-corrected chi connectivity index (χ0v) is 13.7. The Labute approximate surface area is 145 Å². The van der Waals surface area contributed by atoms with Gasteiger partial charge in [0.2, 0.25) is 5.91 Å². The normalized spacial score (nSPS) is 20.0. The largest absolute Gasteiger partial charge is 0.487 e. The first kappa shape index (κ1) is 15.6. The quantitative estimate of drug-likeness (QED) is 0.820. The number of rotatable bonds is 6. The molecule has 2 amide bonds. The Morgan fingerprint density at radius 3 is 2.80 bits per heavy atom. The molecule has 1 aromatic carbocycles. The lowest BCUT2D eigenvalue weighted by Crippen LogP contribution is -2.36. The first-order valence-corrected chi connectivity index (χ1v) is 8.46. The van der Waals surface area contributed by atoms with Crippen molar-refractivity contribution in [1.29, 1.82) is 0 Å². The minimum absolute atomic E-state index is 0.0763. The molecule has 1 atom stereocenters. The second-order valence-electron chi connectivity index (χ2n) is 6.37. The lowest BCUT2D eigenvalue weighted by molar-refractivity contribution is -0.139. The van der Waals surface area contributed by atoms with Crippen LogP contribution in [-0.4, -0.2) is 33.8 Å². The van der Waals surface area contributed by atoms with Crippen molar-refractivity contribution in [3.63, 3.8) is 0 Å². The predicted molar refractivity (Wildman–Crippen MR) is 91.9 cm³/mol. The number of pyridine rings is 1. The number of anilines is 1. The van der Waals surface area contributed by atoms with E-state index in [1.165, 1.54) is 4.90 Å². The number of benzene rings is 1. The van der Waals surface area contributed by atoms with Crippen LogP contribution in [0.5, 0.6) is 5.75 Å². The molecule has 2 aromatic rings. The summed E-state index contributed by atoms with van der Waals surface area (Å²) < 4.78 is 5.75. The van der Waals surface area contributed by atoms with E-state index >= 15 is 0 Å². The van der Waals surface area contributed by atoms with Gasteiger partial charge in [0.05, 0.1) is 12.1 Å². The Kier molecular flexibility index (Phi) is 4.09. The average Bonchev–Trinajstić information content (AvgIpc) is 3.41. The Balaban J connectivity index is 1.40. The molecule has 1 aliphatic heterocycles. The third kappa shape index (κ3) is 3.47. The summed E-state index contributed by atoms with van der Waals surface area (Å²) in [5.74, 6) is 0.492. The molecule has 6 nitrogen and oxygen atoms in total. The molecule has 1 aliphatic carbocycles. The maximum absolute atomic E-state index is 12.4. The van der Waals surface area contributed by atoms with E-state index in [1.807, 2.05) is 42.5 Å². The summed E-state index contributed by atoms with van der Waals surface area (Å²) in [4.78, 5) is 30.1. The van der Waals surface area contributed by atoms with Crippen molar-refractivity contribution >= 4 is 17.5 Å². The van der Waals surface area contributed by atoms with Gasteiger partial charge in [0, 0.05) is 24.0 Å². The van der Waals surface area contributed by atoms with E-state index < -0.39 is 6.04 Å². The molecular weight excluding hydrogens is 318 g/mol. The van der Waals surface area contributed by atoms with Gasteiger partial charge < -0.3 is 10.1 Å². The summed E-state index contributed by atoms with van der Waals surface area (Å²) in [6.07, 6.45) is 3.81. The van der Waals surface area contributed by atoms with Gasteiger partial charge in [-0.15, -0.1) is 0 Å². The van der Waals surface area contributed by atoms with Gasteiger partial charge in [-0.25, -0.2) is 0 Å². The smallest absolute Gasteiger partial charge is 0.252 e. The zero-order valence-electron chi connectivity index (χ0n) is 13.7. The third-order valence-electron chi connectivity index (χ3n) is 4.38. The summed E-state index contributed by atoms with van der Waals surface area (Å²) in [6.45, 7) is 0.376. The van der Waals surface area contributed by atoms with Crippen LogP contribution in [-0.2, 0) is 16.2 Å². The molecule has 2 heterocycles. The fourth-order valence-electron chi connectivity index (χ4n) is 3.00. The molecule has 1 saturated heterocycles. The number of carbonyl (C=O) groups is 2. The second kappa shape index (κ2) is 6.55. The maximum Gasteiger partial charge on any atom is 0.252 e. The topological polar surface area (TPSA) is 71.5 Å². The lowest BCUT2D eigenvalue weighted by Gasteiger charge is -2.15. The number of amides is 2. The highest BCUT2D eigenvalue weighted by molar-refractivity contribution is 6.07. The van der Waals surface area contributed by atoms with E-state index in [1.54, 1.807) is 6.20 Å². The molecule has 1 saturated carbocycles. The second-order valence-corrected chi connectivity index (χ2v) is 6.37. The molecule has 4 rings (SSSR count). The van der Waals surface area contributed by atoms with E-state index in [-0.39, 0.29) is 24.3 Å². The molecule has 6 heteroatoms. The molecule has 0 bridgehead atoms. The first-order chi connectivity index (χ1) is 12.2. The van der Waals surface area contributed by atoms with Gasteiger partial charge in [0.25, 0.3) is 5.91 Å². The Morgan fingerprint density at radius 2 is 2.04 bits per heavy atom. The molecule has 128 valence electrons. The van der Waals surface area contributed by atoms with E-state index in [0.717, 1.165) is 24.2 Å². The molecular formula is C19H19N3O3. The Bertz CT molecular complexity index is 790. The highest BCUT2D eigenvalue weighted by Crippen LogP contribution is 2.32. The van der Waals surface area contributed by atoms with Gasteiger partial charge in [-0.3, -0.25) is 19.5 Å². The summed E-state index contributed by atoms with van der Waals surface area (Å²) >= 11 is 0. The third-order valence-corrected chi connectivity index (χ3v) is 4.38. The average molecular weight is 337 g/mol. The van der Waals surface area contributed by atoms with Crippen LogP contribution in [0.3, 0.4) is 0 Å². The number of imide groups is 1. The van der Waals surface area contributed by atoms with Crippen molar-refractivity contribution in [2.24, 2.45) is 0 Å². The maximum atomic E-state index is 12.4. The van der Waals surface area contributed by atoms with Gasteiger partial charge in [-0.05, 0) is 37.1 Å². The minimum Gasteiger partial charge on any atom is -0.487 e. The summed E-state index contributed by atoms with van der Waals surface area (Å²) in [5.41, 5.74) is 1.61. The monoisotopic (exact) mass is 337 g/mol. The number of carbonyl (C=O) groups excluding carboxylic acids is 2. The fraction of sp³-hybridized carbons (Fsp3) is 0.316. The number of hydrogen-bond donors (Lipinski definition) is 1. The Hall–Kier alpha value is -2.89. The number of likely N-dealkylation sites (tertiary alicyclic amines) is 1. The van der Waals surface area contributed by atoms with Crippen LogP contribution in [0.1, 0.15) is 25.0 Å². The SMILES string of the molecule is O=C1C[C@H](Nc2cccc(OCc3ccccn3)c2)C(=O)N1C1CC1. The Morgan fingerprint density at radius 1 is 1.16 bits per heavy atom. The summed E-state index contributed by atoms with van der Waals surface area (Å²) in [5, 5.41) is 3.16. The first-order valence-electron chi connectivity index (χ1n) is 8.46. The van der Waals surface area contributed by atoms with Crippen LogP contribution in [0, 0.1) is 0 Å². The van der Waals surface area contributed by atoms with Crippen LogP contribution in [0.4, 0.5) is 5.69 Å². The van der Waals surface area contributed by atoms with Gasteiger partial charge in [0.1, 0.15) is 18.4 Å². The van der Waals surface area contributed by atoms with Gasteiger partial charge in [0.15, 0.2) is 0 Å². The van der Waals surface area contributed by atoms with Crippen LogP contribution in [0.2, 0.25) is 0 Å². The summed E-state index contributed by atoms with van der Waals surface area (Å²) in [7, 11) is 0. The van der Waals surface area contributed by atoms with Crippen LogP contribution in [0.15, 0.2) is 48.7 Å². The molecule has 1 aromatic heterocycles. The van der Waals surface area contributed by atoms with Crippen molar-refractivity contribution < 1.29 is 14.3 Å². The zero-order chi connectivity index (χ0) is 17.2. The van der Waals surface area contributed by atoms with E-state index in [4.69, 9.17) is 4.74 Å². The van der Waals surface area contributed by atoms with Crippen LogP contribution >= 0.6 is 0 Å². The molecule has 0 unspecified atom stereocenters. The standard InChI is InChI=1S/C19H19N3O3/c23-18-11-17(19(24)22(18)15-7-8-15)21-13-5-3-6-16(10-13)25-12-14-4-1-2-9-20-14/h1-6,9-10,15,17,21H,7-8,11-12H2/t17-/m0/s1. The lowest BCUT2D eigenvalue weighted by atomic mass is 10.2. The van der Waals surface area contributed by atoms with E-state index in [2.05, 4.69) is 10.3 Å². The fourth-order valence-corrected chi connectivity index (χ4v) is 3.00. The predicted octanol–water partition coefficient (Wildman–Crippen LogP) is 2.36. The van der Waals surface area contributed by atoms with E-state index in [0.29, 0.717) is 12.4 Å². The molecule has 0 spiro atoms. The van der Waals surface area contributed by atoms with Crippen LogP contribution < -0.4 is 10.1 Å². The number of aromatic nitrogens is 1. The molecule has 25 heavy (non-hydrogen) atoms. The molecule has 1 N–H and O–H groups in total. The van der Waals surface area contributed by atoms with Crippen molar-refractivity contribution in [1.82, 2.24) is 9.88 Å². The molecule has 2 aliphatic rings. The molecule has 0 radical (unpaired) electrons.